The number of anilines is 1. The predicted octanol–water partition coefficient (Wildman–Crippen LogP) is 3.23. The fourth-order valence-electron chi connectivity index (χ4n) is 2.15. The van der Waals surface area contributed by atoms with Crippen LogP contribution < -0.4 is 10.1 Å². The highest BCUT2D eigenvalue weighted by atomic mass is 19.2. The number of rotatable bonds is 6. The number of amides is 1. The minimum Gasteiger partial charge on any atom is -0.496 e. The molecule has 0 bridgehead atoms. The molecule has 26 heavy (non-hydrogen) atoms. The molecule has 0 aromatic heterocycles. The van der Waals surface area contributed by atoms with Gasteiger partial charge in [-0.05, 0) is 25.1 Å². The molecule has 0 saturated heterocycles. The molecule has 0 aliphatic carbocycles. The molecule has 2 aromatic carbocycles. The zero-order chi connectivity index (χ0) is 19.3. The summed E-state index contributed by atoms with van der Waals surface area (Å²) < 4.78 is 49.7. The van der Waals surface area contributed by atoms with Crippen molar-refractivity contribution < 1.29 is 32.2 Å². The van der Waals surface area contributed by atoms with Gasteiger partial charge in [-0.3, -0.25) is 9.59 Å². The van der Waals surface area contributed by atoms with Crippen LogP contribution in [0.15, 0.2) is 36.4 Å². The maximum Gasteiger partial charge on any atom is 0.311 e. The van der Waals surface area contributed by atoms with Crippen LogP contribution in [0.25, 0.3) is 0 Å². The molecule has 0 radical (unpaired) electrons. The van der Waals surface area contributed by atoms with Gasteiger partial charge in [-0.1, -0.05) is 18.2 Å². The number of hydrogen-bond acceptors (Lipinski definition) is 4. The molecule has 5 nitrogen and oxygen atoms in total. The maximum atomic E-state index is 13.6. The van der Waals surface area contributed by atoms with E-state index in [4.69, 9.17) is 9.47 Å². The lowest BCUT2D eigenvalue weighted by molar-refractivity contribution is -0.152. The van der Waals surface area contributed by atoms with Gasteiger partial charge in [-0.2, -0.15) is 0 Å². The van der Waals surface area contributed by atoms with Crippen molar-refractivity contribution in [3.8, 4) is 5.75 Å². The van der Waals surface area contributed by atoms with Crippen molar-refractivity contribution in [3.63, 3.8) is 0 Å². The van der Waals surface area contributed by atoms with E-state index in [0.717, 1.165) is 6.07 Å². The van der Waals surface area contributed by atoms with Gasteiger partial charge in [-0.15, -0.1) is 0 Å². The van der Waals surface area contributed by atoms with E-state index in [1.165, 1.54) is 14.0 Å². The summed E-state index contributed by atoms with van der Waals surface area (Å²) in [5, 5.41) is 2.05. The van der Waals surface area contributed by atoms with E-state index in [0.29, 0.717) is 17.4 Å². The SMILES string of the molecule is COc1ccccc1CC(=O)O[C@@H](C)C(=O)Nc1ccc(F)c(F)c1F. The predicted molar refractivity (Wildman–Crippen MR) is 87.2 cm³/mol. The van der Waals surface area contributed by atoms with Crippen molar-refractivity contribution in [3.05, 3.63) is 59.4 Å². The van der Waals surface area contributed by atoms with Crippen LogP contribution in [-0.2, 0) is 20.7 Å². The number of carbonyl (C=O) groups is 2. The highest BCUT2D eigenvalue weighted by Crippen LogP contribution is 2.21. The van der Waals surface area contributed by atoms with Gasteiger partial charge in [0.05, 0.1) is 19.2 Å². The molecule has 0 fully saturated rings. The standard InChI is InChI=1S/C18H16F3NO4/c1-10(18(24)22-13-8-7-12(19)16(20)17(13)21)26-15(23)9-11-5-3-4-6-14(11)25-2/h3-8,10H,9H2,1-2H3,(H,22,24)/t10-/m0/s1. The molecule has 0 aliphatic rings. The lowest BCUT2D eigenvalue weighted by Gasteiger charge is -2.15. The fraction of sp³-hybridized carbons (Fsp3) is 0.222. The van der Waals surface area contributed by atoms with Crippen LogP contribution in [0.3, 0.4) is 0 Å². The quantitative estimate of drug-likeness (QED) is 0.629. The second-order valence-corrected chi connectivity index (χ2v) is 5.33. The first-order valence-electron chi connectivity index (χ1n) is 7.59. The fourth-order valence-corrected chi connectivity index (χ4v) is 2.15. The molecule has 8 heteroatoms. The number of hydrogen-bond donors (Lipinski definition) is 1. The molecule has 0 saturated carbocycles. The van der Waals surface area contributed by atoms with Gasteiger partial charge in [0.1, 0.15) is 5.75 Å². The van der Waals surface area contributed by atoms with E-state index in [9.17, 15) is 22.8 Å². The van der Waals surface area contributed by atoms with E-state index in [-0.39, 0.29) is 6.42 Å². The summed E-state index contributed by atoms with van der Waals surface area (Å²) in [4.78, 5) is 23.9. The molecule has 0 aliphatic heterocycles. The first-order chi connectivity index (χ1) is 12.3. The Bertz CT molecular complexity index is 826. The topological polar surface area (TPSA) is 64.6 Å². The summed E-state index contributed by atoms with van der Waals surface area (Å²) in [6.07, 6.45) is -1.41. The average Bonchev–Trinajstić information content (AvgIpc) is 2.62. The average molecular weight is 367 g/mol. The van der Waals surface area contributed by atoms with Crippen LogP contribution in [0, 0.1) is 17.5 Å². The van der Waals surface area contributed by atoms with E-state index >= 15 is 0 Å². The third kappa shape index (κ3) is 4.53. The van der Waals surface area contributed by atoms with Gasteiger partial charge in [0.2, 0.25) is 0 Å². The summed E-state index contributed by atoms with van der Waals surface area (Å²) in [5.41, 5.74) is 0.0146. The Balaban J connectivity index is 1.98. The minimum absolute atomic E-state index is 0.138. The molecule has 2 rings (SSSR count). The second kappa shape index (κ2) is 8.37. The lowest BCUT2D eigenvalue weighted by Crippen LogP contribution is -2.31. The van der Waals surface area contributed by atoms with E-state index in [2.05, 4.69) is 0 Å². The van der Waals surface area contributed by atoms with Crippen molar-refractivity contribution in [1.29, 1.82) is 0 Å². The number of benzene rings is 2. The molecule has 1 atom stereocenters. The summed E-state index contributed by atoms with van der Waals surface area (Å²) >= 11 is 0. The summed E-state index contributed by atoms with van der Waals surface area (Å²) in [6, 6.07) is 8.33. The Labute approximate surface area is 147 Å². The van der Waals surface area contributed by atoms with Crippen molar-refractivity contribution in [2.24, 2.45) is 0 Å². The molecule has 1 N–H and O–H groups in total. The first-order valence-corrected chi connectivity index (χ1v) is 7.59. The molecule has 0 spiro atoms. The van der Waals surface area contributed by atoms with Crippen LogP contribution in [0.4, 0.5) is 18.9 Å². The first kappa shape index (κ1) is 19.3. The van der Waals surface area contributed by atoms with E-state index < -0.39 is 41.1 Å². The Hall–Kier alpha value is -3.03. The number of esters is 1. The number of ether oxygens (including phenoxy) is 2. The Morgan fingerprint density at radius 1 is 1.08 bits per heavy atom. The molecule has 0 heterocycles. The van der Waals surface area contributed by atoms with Crippen molar-refractivity contribution in [2.45, 2.75) is 19.4 Å². The summed E-state index contributed by atoms with van der Waals surface area (Å²) in [6.45, 7) is 1.27. The number of carbonyl (C=O) groups excluding carboxylic acids is 2. The molecule has 1 amide bonds. The van der Waals surface area contributed by atoms with Gasteiger partial charge in [0.25, 0.3) is 5.91 Å². The number of halogens is 3. The molecule has 2 aromatic rings. The summed E-state index contributed by atoms with van der Waals surface area (Å²) in [5.74, 6) is -5.72. The van der Waals surface area contributed by atoms with Gasteiger partial charge in [0, 0.05) is 5.56 Å². The molecule has 138 valence electrons. The largest absolute Gasteiger partial charge is 0.496 e. The van der Waals surface area contributed by atoms with Gasteiger partial charge in [0.15, 0.2) is 23.6 Å². The van der Waals surface area contributed by atoms with Gasteiger partial charge >= 0.3 is 5.97 Å². The normalized spacial score (nSPS) is 11.6. The van der Waals surface area contributed by atoms with Crippen molar-refractivity contribution in [2.75, 3.05) is 12.4 Å². The van der Waals surface area contributed by atoms with E-state index in [1.807, 2.05) is 5.32 Å². The second-order valence-electron chi connectivity index (χ2n) is 5.33. The molecular weight excluding hydrogens is 351 g/mol. The number of nitrogens with one attached hydrogen (secondary N) is 1. The van der Waals surface area contributed by atoms with Crippen molar-refractivity contribution >= 4 is 17.6 Å². The minimum atomic E-state index is -1.70. The number of methoxy groups -OCH3 is 1. The zero-order valence-corrected chi connectivity index (χ0v) is 14.0. The van der Waals surface area contributed by atoms with Crippen LogP contribution in [0.2, 0.25) is 0 Å². The Morgan fingerprint density at radius 2 is 1.77 bits per heavy atom. The Morgan fingerprint density at radius 3 is 2.46 bits per heavy atom. The van der Waals surface area contributed by atoms with Gasteiger partial charge < -0.3 is 14.8 Å². The smallest absolute Gasteiger partial charge is 0.311 e. The van der Waals surface area contributed by atoms with Crippen LogP contribution in [0.1, 0.15) is 12.5 Å². The van der Waals surface area contributed by atoms with Crippen LogP contribution in [0.5, 0.6) is 5.75 Å². The van der Waals surface area contributed by atoms with Crippen LogP contribution >= 0.6 is 0 Å². The maximum absolute atomic E-state index is 13.6. The van der Waals surface area contributed by atoms with Crippen LogP contribution in [-0.4, -0.2) is 25.1 Å². The third-order valence-electron chi connectivity index (χ3n) is 3.50. The van der Waals surface area contributed by atoms with Crippen molar-refractivity contribution in [1.82, 2.24) is 0 Å². The highest BCUT2D eigenvalue weighted by molar-refractivity contribution is 5.95. The monoisotopic (exact) mass is 367 g/mol. The lowest BCUT2D eigenvalue weighted by atomic mass is 10.1. The zero-order valence-electron chi connectivity index (χ0n) is 14.0. The molecular formula is C18H16F3NO4. The van der Waals surface area contributed by atoms with E-state index in [1.54, 1.807) is 24.3 Å². The highest BCUT2D eigenvalue weighted by Gasteiger charge is 2.22. The third-order valence-corrected chi connectivity index (χ3v) is 3.50. The number of para-hydroxylation sites is 1. The Kier molecular flexibility index (Phi) is 6.21. The van der Waals surface area contributed by atoms with Gasteiger partial charge in [-0.25, -0.2) is 13.2 Å². The molecule has 0 unspecified atom stereocenters. The summed E-state index contributed by atoms with van der Waals surface area (Å²) in [7, 11) is 1.45.